The molecule has 0 aromatic heterocycles. The number of esters is 1. The van der Waals surface area contributed by atoms with Crippen LogP contribution in [0.15, 0.2) is 0 Å². The summed E-state index contributed by atoms with van der Waals surface area (Å²) in [4.78, 5) is 50.6. The Morgan fingerprint density at radius 3 is 1.24 bits per heavy atom. The zero-order valence-corrected chi connectivity index (χ0v) is 19.2. The number of ether oxygens (including phenoxy) is 4. The topological polar surface area (TPSA) is 112 Å². The van der Waals surface area contributed by atoms with Crippen LogP contribution in [-0.4, -0.2) is 64.2 Å². The van der Waals surface area contributed by atoms with Crippen molar-refractivity contribution in [3.05, 3.63) is 0 Å². The molecular formula is C19H34N2O8. The van der Waals surface area contributed by atoms with Crippen molar-refractivity contribution in [1.82, 2.24) is 10.0 Å². The first-order valence-corrected chi connectivity index (χ1v) is 9.15. The van der Waals surface area contributed by atoms with Gasteiger partial charge in [-0.1, -0.05) is 0 Å². The monoisotopic (exact) mass is 418 g/mol. The lowest BCUT2D eigenvalue weighted by Gasteiger charge is -2.37. The molecule has 0 aromatic carbocycles. The summed E-state index contributed by atoms with van der Waals surface area (Å²) in [6, 6.07) is -1.39. The van der Waals surface area contributed by atoms with Crippen LogP contribution in [0.4, 0.5) is 14.4 Å². The van der Waals surface area contributed by atoms with Crippen LogP contribution in [0.5, 0.6) is 0 Å². The van der Waals surface area contributed by atoms with Crippen LogP contribution in [-0.2, 0) is 23.7 Å². The molecule has 10 nitrogen and oxygen atoms in total. The summed E-state index contributed by atoms with van der Waals surface area (Å²) >= 11 is 0. The summed E-state index contributed by atoms with van der Waals surface area (Å²) in [7, 11) is 1.11. The first-order valence-electron chi connectivity index (χ1n) is 9.15. The van der Waals surface area contributed by atoms with Gasteiger partial charge in [-0.15, -0.1) is 5.01 Å². The summed E-state index contributed by atoms with van der Waals surface area (Å²) in [5.74, 6) is -0.882. The second kappa shape index (κ2) is 9.32. The zero-order chi connectivity index (χ0) is 23.4. The van der Waals surface area contributed by atoms with E-state index in [2.05, 4.69) is 4.74 Å². The average Bonchev–Trinajstić information content (AvgIpc) is 2.45. The van der Waals surface area contributed by atoms with Crippen LogP contribution in [0, 0.1) is 0 Å². The molecule has 0 aliphatic carbocycles. The predicted octanol–water partition coefficient (Wildman–Crippen LogP) is 3.87. The van der Waals surface area contributed by atoms with Crippen LogP contribution in [0.3, 0.4) is 0 Å². The molecule has 0 bridgehead atoms. The van der Waals surface area contributed by atoms with E-state index in [1.165, 1.54) is 6.92 Å². The van der Waals surface area contributed by atoms with Crippen molar-refractivity contribution < 1.29 is 38.1 Å². The first-order chi connectivity index (χ1) is 12.8. The van der Waals surface area contributed by atoms with Gasteiger partial charge >= 0.3 is 24.2 Å². The van der Waals surface area contributed by atoms with Crippen molar-refractivity contribution in [2.75, 3.05) is 7.11 Å². The van der Waals surface area contributed by atoms with Crippen LogP contribution in [0.1, 0.15) is 69.2 Å². The molecule has 29 heavy (non-hydrogen) atoms. The number of methoxy groups -OCH3 is 1. The highest BCUT2D eigenvalue weighted by Gasteiger charge is 2.44. The lowest BCUT2D eigenvalue weighted by molar-refractivity contribution is -0.152. The largest absolute Gasteiger partial charge is 0.467 e. The number of hydrazine groups is 1. The van der Waals surface area contributed by atoms with Gasteiger partial charge < -0.3 is 18.9 Å². The second-order valence-electron chi connectivity index (χ2n) is 9.30. The molecule has 168 valence electrons. The molecule has 0 saturated heterocycles. The van der Waals surface area contributed by atoms with E-state index in [-0.39, 0.29) is 0 Å². The number of amides is 3. The van der Waals surface area contributed by atoms with Gasteiger partial charge in [-0.25, -0.2) is 19.2 Å². The molecule has 0 unspecified atom stereocenters. The third kappa shape index (κ3) is 9.49. The van der Waals surface area contributed by atoms with E-state index in [1.54, 1.807) is 62.3 Å². The molecule has 0 aliphatic rings. The molecule has 0 aliphatic heterocycles. The standard InChI is InChI=1S/C19H34N2O8/c1-12(13(22)26-11)20(14(23)27-17(2,3)4)21(15(24)28-18(5,6)7)16(25)29-19(8,9)10/h12H,1-11H3/t12-/m0/s1. The Bertz CT molecular complexity index is 598. The average molecular weight is 418 g/mol. The van der Waals surface area contributed by atoms with Gasteiger partial charge in [0.05, 0.1) is 7.11 Å². The van der Waals surface area contributed by atoms with Crippen molar-refractivity contribution in [3.8, 4) is 0 Å². The fourth-order valence-electron chi connectivity index (χ4n) is 1.85. The van der Waals surface area contributed by atoms with Crippen molar-refractivity contribution >= 4 is 24.2 Å². The predicted molar refractivity (Wildman–Crippen MR) is 104 cm³/mol. The highest BCUT2D eigenvalue weighted by atomic mass is 16.6. The zero-order valence-electron chi connectivity index (χ0n) is 19.2. The molecule has 3 amide bonds. The van der Waals surface area contributed by atoms with Crippen LogP contribution in [0.25, 0.3) is 0 Å². The van der Waals surface area contributed by atoms with Crippen LogP contribution in [0.2, 0.25) is 0 Å². The maximum absolute atomic E-state index is 12.8. The van der Waals surface area contributed by atoms with Gasteiger partial charge in [0.25, 0.3) is 0 Å². The van der Waals surface area contributed by atoms with Gasteiger partial charge in [-0.05, 0) is 69.2 Å². The highest BCUT2D eigenvalue weighted by molar-refractivity contribution is 5.92. The Labute approximate surface area is 172 Å². The minimum Gasteiger partial charge on any atom is -0.467 e. The number of imide groups is 1. The molecule has 0 saturated carbocycles. The minimum absolute atomic E-state index is 0.312. The molecule has 0 aromatic rings. The van der Waals surface area contributed by atoms with Gasteiger partial charge in [0.1, 0.15) is 16.8 Å². The third-order valence-corrected chi connectivity index (χ3v) is 2.84. The highest BCUT2D eigenvalue weighted by Crippen LogP contribution is 2.21. The maximum atomic E-state index is 12.8. The van der Waals surface area contributed by atoms with Crippen molar-refractivity contribution in [2.24, 2.45) is 0 Å². The van der Waals surface area contributed by atoms with Crippen molar-refractivity contribution in [3.63, 3.8) is 0 Å². The summed E-state index contributed by atoms with van der Waals surface area (Å²) in [5, 5.41) is 0.839. The molecule has 0 rings (SSSR count). The van der Waals surface area contributed by atoms with E-state index < -0.39 is 47.1 Å². The van der Waals surface area contributed by atoms with E-state index >= 15 is 0 Å². The Morgan fingerprint density at radius 2 is 0.966 bits per heavy atom. The molecule has 0 radical (unpaired) electrons. The Balaban J connectivity index is 6.35. The Hall–Kier alpha value is -2.52. The quantitative estimate of drug-likeness (QED) is 0.377. The summed E-state index contributed by atoms with van der Waals surface area (Å²) in [6.45, 7) is 15.6. The Kier molecular flexibility index (Phi) is 8.51. The second-order valence-corrected chi connectivity index (χ2v) is 9.30. The van der Waals surface area contributed by atoms with Crippen molar-refractivity contribution in [1.29, 1.82) is 0 Å². The van der Waals surface area contributed by atoms with Crippen molar-refractivity contribution in [2.45, 2.75) is 92.1 Å². The first kappa shape index (κ1) is 26.5. The molecule has 10 heteroatoms. The molecular weight excluding hydrogens is 384 g/mol. The number of nitrogens with zero attached hydrogens (tertiary/aromatic N) is 2. The lowest BCUT2D eigenvalue weighted by atomic mass is 10.2. The summed E-state index contributed by atoms with van der Waals surface area (Å²) in [6.07, 6.45) is -3.56. The fourth-order valence-corrected chi connectivity index (χ4v) is 1.85. The normalized spacial score (nSPS) is 13.1. The number of rotatable bonds is 2. The fraction of sp³-hybridized carbons (Fsp3) is 0.789. The van der Waals surface area contributed by atoms with Gasteiger partial charge in [0.15, 0.2) is 6.04 Å². The maximum Gasteiger partial charge on any atom is 0.439 e. The minimum atomic E-state index is -1.39. The van der Waals surface area contributed by atoms with E-state index in [1.807, 2.05) is 0 Å². The molecule has 0 spiro atoms. The van der Waals surface area contributed by atoms with E-state index in [9.17, 15) is 19.2 Å². The SMILES string of the molecule is COC(=O)[C@H](C)N(C(=O)OC(C)(C)C)N(C(=O)OC(C)(C)C)C(=O)OC(C)(C)C. The smallest absolute Gasteiger partial charge is 0.439 e. The van der Waals surface area contributed by atoms with Crippen LogP contribution >= 0.6 is 0 Å². The number of hydrogen-bond acceptors (Lipinski definition) is 8. The number of carbonyl (C=O) groups excluding carboxylic acids is 4. The lowest BCUT2D eigenvalue weighted by Crippen LogP contribution is -2.60. The number of carbonyl (C=O) groups is 4. The summed E-state index contributed by atoms with van der Waals surface area (Å²) < 4.78 is 20.4. The Morgan fingerprint density at radius 1 is 0.655 bits per heavy atom. The van der Waals surface area contributed by atoms with Gasteiger partial charge in [0, 0.05) is 0 Å². The summed E-state index contributed by atoms with van der Waals surface area (Å²) in [5.41, 5.74) is -2.96. The van der Waals surface area contributed by atoms with Crippen LogP contribution < -0.4 is 0 Å². The molecule has 0 fully saturated rings. The van der Waals surface area contributed by atoms with Gasteiger partial charge in [-0.3, -0.25) is 0 Å². The van der Waals surface area contributed by atoms with Gasteiger partial charge in [-0.2, -0.15) is 5.01 Å². The van der Waals surface area contributed by atoms with E-state index in [0.717, 1.165) is 7.11 Å². The molecule has 1 atom stereocenters. The van der Waals surface area contributed by atoms with E-state index in [0.29, 0.717) is 10.0 Å². The van der Waals surface area contributed by atoms with Gasteiger partial charge in [0.2, 0.25) is 0 Å². The third-order valence-electron chi connectivity index (χ3n) is 2.84. The van der Waals surface area contributed by atoms with E-state index in [4.69, 9.17) is 14.2 Å². The molecule has 0 N–H and O–H groups in total. The molecule has 0 heterocycles. The number of hydrogen-bond donors (Lipinski definition) is 0.